The maximum Gasteiger partial charge on any atom is 0.329 e. The maximum absolute atomic E-state index is 10.7. The minimum Gasteiger partial charge on any atom is -0.480 e. The summed E-state index contributed by atoms with van der Waals surface area (Å²) in [6, 6.07) is -0.805. The highest BCUT2D eigenvalue weighted by Crippen LogP contribution is 2.14. The van der Waals surface area contributed by atoms with Crippen molar-refractivity contribution >= 4 is 12.0 Å². The molecular weight excluding hydrogens is 160 g/mol. The summed E-state index contributed by atoms with van der Waals surface area (Å²) in [6.07, 6.45) is 0.642. The number of carbonyl (C=O) groups is 2. The van der Waals surface area contributed by atoms with E-state index in [2.05, 4.69) is 5.32 Å². The standard InChI is InChI=1S/C7H14N2O3/c1-3-7(4-2,5(10)11)9-6(8)12/h3-4H2,1-2H3,(H,10,11)(H3,8,9,12). The van der Waals surface area contributed by atoms with Gasteiger partial charge in [0.2, 0.25) is 0 Å². The lowest BCUT2D eigenvalue weighted by molar-refractivity contribution is -0.144. The number of urea groups is 1. The Balaban J connectivity index is 4.58. The molecule has 0 aliphatic heterocycles. The highest BCUT2D eigenvalue weighted by molar-refractivity contribution is 5.85. The first-order valence-corrected chi connectivity index (χ1v) is 3.79. The smallest absolute Gasteiger partial charge is 0.329 e. The van der Waals surface area contributed by atoms with Crippen molar-refractivity contribution in [3.05, 3.63) is 0 Å². The van der Waals surface area contributed by atoms with E-state index in [4.69, 9.17) is 10.8 Å². The van der Waals surface area contributed by atoms with E-state index >= 15 is 0 Å². The lowest BCUT2D eigenvalue weighted by atomic mass is 9.93. The first-order chi connectivity index (χ1) is 5.48. The van der Waals surface area contributed by atoms with Crippen LogP contribution in [0.5, 0.6) is 0 Å². The lowest BCUT2D eigenvalue weighted by Crippen LogP contribution is -2.55. The monoisotopic (exact) mass is 174 g/mol. The van der Waals surface area contributed by atoms with Crippen LogP contribution in [0.15, 0.2) is 0 Å². The number of carboxylic acids is 1. The number of carbonyl (C=O) groups excluding carboxylic acids is 1. The molecule has 0 aliphatic rings. The number of aliphatic carboxylic acids is 1. The van der Waals surface area contributed by atoms with Gasteiger partial charge in [0, 0.05) is 0 Å². The summed E-state index contributed by atoms with van der Waals surface area (Å²) in [7, 11) is 0. The quantitative estimate of drug-likeness (QED) is 0.572. The summed E-state index contributed by atoms with van der Waals surface area (Å²) in [6.45, 7) is 3.38. The molecule has 0 aliphatic carbocycles. The normalized spacial score (nSPS) is 10.8. The van der Waals surface area contributed by atoms with Crippen LogP contribution in [-0.4, -0.2) is 22.6 Å². The van der Waals surface area contributed by atoms with E-state index in [-0.39, 0.29) is 0 Å². The van der Waals surface area contributed by atoms with Gasteiger partial charge in [0.05, 0.1) is 0 Å². The van der Waals surface area contributed by atoms with Crippen molar-refractivity contribution in [2.24, 2.45) is 5.73 Å². The van der Waals surface area contributed by atoms with Crippen LogP contribution >= 0.6 is 0 Å². The molecule has 0 saturated heterocycles. The van der Waals surface area contributed by atoms with Gasteiger partial charge >= 0.3 is 12.0 Å². The summed E-state index contributed by atoms with van der Waals surface area (Å²) in [5.41, 5.74) is 3.65. The van der Waals surface area contributed by atoms with E-state index in [1.807, 2.05) is 0 Å². The van der Waals surface area contributed by atoms with Gasteiger partial charge in [0.25, 0.3) is 0 Å². The van der Waals surface area contributed by atoms with E-state index < -0.39 is 17.5 Å². The minimum absolute atomic E-state index is 0.321. The molecule has 0 radical (unpaired) electrons. The average molecular weight is 174 g/mol. The number of primary amides is 1. The zero-order chi connectivity index (χ0) is 9.78. The van der Waals surface area contributed by atoms with Gasteiger partial charge in [-0.05, 0) is 12.8 Å². The molecule has 0 atom stereocenters. The van der Waals surface area contributed by atoms with Crippen LogP contribution in [0.25, 0.3) is 0 Å². The summed E-state index contributed by atoms with van der Waals surface area (Å²) in [5, 5.41) is 11.0. The van der Waals surface area contributed by atoms with Gasteiger partial charge in [-0.25, -0.2) is 9.59 Å². The molecule has 0 rings (SSSR count). The fourth-order valence-corrected chi connectivity index (χ4v) is 1.02. The number of carboxylic acid groups (broad SMARTS) is 1. The summed E-state index contributed by atoms with van der Waals surface area (Å²) in [5.74, 6) is -1.05. The molecule has 2 amide bonds. The molecule has 12 heavy (non-hydrogen) atoms. The van der Waals surface area contributed by atoms with Crippen molar-refractivity contribution in [3.63, 3.8) is 0 Å². The predicted molar refractivity (Wildman–Crippen MR) is 43.7 cm³/mol. The molecule has 0 saturated carbocycles. The average Bonchev–Trinajstić information content (AvgIpc) is 1.99. The second kappa shape index (κ2) is 3.94. The van der Waals surface area contributed by atoms with E-state index in [1.54, 1.807) is 13.8 Å². The van der Waals surface area contributed by atoms with E-state index in [0.717, 1.165) is 0 Å². The van der Waals surface area contributed by atoms with Crippen molar-refractivity contribution < 1.29 is 14.7 Å². The van der Waals surface area contributed by atoms with Crippen molar-refractivity contribution in [1.29, 1.82) is 0 Å². The summed E-state index contributed by atoms with van der Waals surface area (Å²) >= 11 is 0. The lowest BCUT2D eigenvalue weighted by Gasteiger charge is -2.26. The Hall–Kier alpha value is -1.26. The zero-order valence-corrected chi connectivity index (χ0v) is 7.26. The van der Waals surface area contributed by atoms with Gasteiger partial charge in [-0.2, -0.15) is 0 Å². The zero-order valence-electron chi connectivity index (χ0n) is 7.26. The highest BCUT2D eigenvalue weighted by atomic mass is 16.4. The number of nitrogens with two attached hydrogens (primary N) is 1. The second-order valence-electron chi connectivity index (χ2n) is 2.58. The van der Waals surface area contributed by atoms with Crippen LogP contribution in [0.3, 0.4) is 0 Å². The van der Waals surface area contributed by atoms with Crippen LogP contribution in [-0.2, 0) is 4.79 Å². The van der Waals surface area contributed by atoms with Crippen LogP contribution in [0.1, 0.15) is 26.7 Å². The van der Waals surface area contributed by atoms with E-state index in [0.29, 0.717) is 12.8 Å². The van der Waals surface area contributed by atoms with Gasteiger partial charge in [-0.3, -0.25) is 0 Å². The van der Waals surface area contributed by atoms with Crippen LogP contribution in [0, 0.1) is 0 Å². The Labute approximate surface area is 70.9 Å². The third-order valence-corrected chi connectivity index (χ3v) is 1.98. The summed E-state index contributed by atoms with van der Waals surface area (Å²) in [4.78, 5) is 21.2. The van der Waals surface area contributed by atoms with E-state index in [9.17, 15) is 9.59 Å². The number of rotatable bonds is 4. The molecule has 0 bridgehead atoms. The molecule has 0 heterocycles. The third kappa shape index (κ3) is 2.11. The molecular formula is C7H14N2O3. The van der Waals surface area contributed by atoms with Gasteiger partial charge in [0.1, 0.15) is 5.54 Å². The largest absolute Gasteiger partial charge is 0.480 e. The SMILES string of the molecule is CCC(CC)(NC(N)=O)C(=O)O. The molecule has 0 aromatic rings. The van der Waals surface area contributed by atoms with Crippen molar-refractivity contribution in [2.45, 2.75) is 32.2 Å². The van der Waals surface area contributed by atoms with Gasteiger partial charge < -0.3 is 16.2 Å². The molecule has 70 valence electrons. The molecule has 5 heteroatoms. The first-order valence-electron chi connectivity index (χ1n) is 3.79. The number of hydrogen-bond donors (Lipinski definition) is 3. The number of nitrogens with one attached hydrogen (secondary N) is 1. The molecule has 5 nitrogen and oxygen atoms in total. The highest BCUT2D eigenvalue weighted by Gasteiger charge is 2.35. The molecule has 0 fully saturated rings. The first kappa shape index (κ1) is 10.7. The van der Waals surface area contributed by atoms with Gasteiger partial charge in [0.15, 0.2) is 0 Å². The number of amides is 2. The van der Waals surface area contributed by atoms with Crippen LogP contribution in [0.2, 0.25) is 0 Å². The Morgan fingerprint density at radius 2 is 1.83 bits per heavy atom. The maximum atomic E-state index is 10.7. The summed E-state index contributed by atoms with van der Waals surface area (Å²) < 4.78 is 0. The molecule has 0 aromatic carbocycles. The molecule has 4 N–H and O–H groups in total. The minimum atomic E-state index is -1.20. The fourth-order valence-electron chi connectivity index (χ4n) is 1.02. The molecule has 0 spiro atoms. The van der Waals surface area contributed by atoms with Crippen molar-refractivity contribution in [1.82, 2.24) is 5.32 Å². The number of hydrogen-bond acceptors (Lipinski definition) is 2. The van der Waals surface area contributed by atoms with Crippen LogP contribution in [0.4, 0.5) is 4.79 Å². The van der Waals surface area contributed by atoms with Gasteiger partial charge in [-0.1, -0.05) is 13.8 Å². The Bertz CT molecular complexity index is 187. The Morgan fingerprint density at radius 3 is 1.92 bits per heavy atom. The fraction of sp³-hybridized carbons (Fsp3) is 0.714. The van der Waals surface area contributed by atoms with Crippen LogP contribution < -0.4 is 11.1 Å². The third-order valence-electron chi connectivity index (χ3n) is 1.98. The molecule has 0 unspecified atom stereocenters. The topological polar surface area (TPSA) is 92.4 Å². The molecule has 0 aromatic heterocycles. The Morgan fingerprint density at radius 1 is 1.42 bits per heavy atom. The van der Waals surface area contributed by atoms with E-state index in [1.165, 1.54) is 0 Å². The predicted octanol–water partition coefficient (Wildman–Crippen LogP) is 0.298. The Kier molecular flexibility index (Phi) is 3.53. The second-order valence-corrected chi connectivity index (χ2v) is 2.58. The van der Waals surface area contributed by atoms with Gasteiger partial charge in [-0.15, -0.1) is 0 Å². The van der Waals surface area contributed by atoms with Crippen molar-refractivity contribution in [3.8, 4) is 0 Å². The van der Waals surface area contributed by atoms with Crippen molar-refractivity contribution in [2.75, 3.05) is 0 Å².